The fourth-order valence-corrected chi connectivity index (χ4v) is 2.75. The molecule has 0 saturated carbocycles. The maximum Gasteiger partial charge on any atom is 0.271 e. The highest BCUT2D eigenvalue weighted by Gasteiger charge is 2.27. The second-order valence-electron chi connectivity index (χ2n) is 5.77. The van der Waals surface area contributed by atoms with Crippen LogP contribution in [-0.4, -0.2) is 22.6 Å². The number of ether oxygens (including phenoxy) is 1. The fraction of sp³-hybridized carbons (Fsp3) is 0.316. The third kappa shape index (κ3) is 3.01. The van der Waals surface area contributed by atoms with E-state index in [9.17, 15) is 20.0 Å². The molecule has 1 aromatic heterocycles. The number of benzene rings is 1. The summed E-state index contributed by atoms with van der Waals surface area (Å²) in [6.45, 7) is 5.09. The average Bonchev–Trinajstić information content (AvgIpc) is 2.61. The van der Waals surface area contributed by atoms with Gasteiger partial charge < -0.3 is 9.84 Å². The molecule has 6 nitrogen and oxygen atoms in total. The van der Waals surface area contributed by atoms with Crippen LogP contribution in [0, 0.1) is 18.3 Å². The summed E-state index contributed by atoms with van der Waals surface area (Å²) >= 11 is 0. The van der Waals surface area contributed by atoms with Gasteiger partial charge in [0.15, 0.2) is 0 Å². The molecule has 25 heavy (non-hydrogen) atoms. The first-order valence-electron chi connectivity index (χ1n) is 7.94. The highest BCUT2D eigenvalue weighted by Crippen LogP contribution is 2.30. The summed E-state index contributed by atoms with van der Waals surface area (Å²) < 4.78 is 6.32. The molecule has 0 bridgehead atoms. The van der Waals surface area contributed by atoms with Gasteiger partial charge in [0.1, 0.15) is 17.4 Å². The normalized spacial score (nSPS) is 11.6. The summed E-state index contributed by atoms with van der Waals surface area (Å²) in [6.07, 6.45) is 0.559. The first-order chi connectivity index (χ1) is 11.9. The molecule has 6 heteroatoms. The number of nitriles is 1. The van der Waals surface area contributed by atoms with Crippen LogP contribution in [0.5, 0.6) is 11.6 Å². The maximum absolute atomic E-state index is 13.0. The molecule has 0 aliphatic heterocycles. The van der Waals surface area contributed by atoms with Crippen molar-refractivity contribution in [3.63, 3.8) is 0 Å². The minimum atomic E-state index is -0.594. The topological polar surface area (TPSA) is 92.3 Å². The monoisotopic (exact) mass is 340 g/mol. The van der Waals surface area contributed by atoms with E-state index in [1.807, 2.05) is 13.0 Å². The number of para-hydroxylation sites is 1. The van der Waals surface area contributed by atoms with Crippen LogP contribution in [0.4, 0.5) is 0 Å². The Labute approximate surface area is 145 Å². The zero-order valence-electron chi connectivity index (χ0n) is 14.7. The van der Waals surface area contributed by atoms with E-state index in [1.165, 1.54) is 14.0 Å². The summed E-state index contributed by atoms with van der Waals surface area (Å²) in [5.41, 5.74) is -0.372. The van der Waals surface area contributed by atoms with Crippen molar-refractivity contribution in [3.8, 4) is 17.7 Å². The number of hydrogen-bond acceptors (Lipinski definition) is 5. The van der Waals surface area contributed by atoms with Crippen molar-refractivity contribution in [2.75, 3.05) is 7.11 Å². The van der Waals surface area contributed by atoms with E-state index in [0.717, 1.165) is 4.57 Å². The molecule has 1 N–H and O–H groups in total. The number of rotatable bonds is 5. The number of aromatic nitrogens is 1. The van der Waals surface area contributed by atoms with Gasteiger partial charge >= 0.3 is 0 Å². The lowest BCUT2D eigenvalue weighted by Gasteiger charge is -2.20. The molecule has 0 aliphatic rings. The van der Waals surface area contributed by atoms with Crippen LogP contribution in [0.2, 0.25) is 0 Å². The van der Waals surface area contributed by atoms with Crippen LogP contribution in [-0.2, 0) is 0 Å². The van der Waals surface area contributed by atoms with E-state index < -0.39 is 17.2 Å². The molecular formula is C19H20N2O4. The first-order valence-corrected chi connectivity index (χ1v) is 7.94. The molecule has 130 valence electrons. The summed E-state index contributed by atoms with van der Waals surface area (Å²) in [5, 5.41) is 20.0. The van der Waals surface area contributed by atoms with Crippen molar-refractivity contribution in [2.45, 2.75) is 33.2 Å². The van der Waals surface area contributed by atoms with Gasteiger partial charge in [-0.15, -0.1) is 0 Å². The SMILES string of the molecule is CCC(C)n1c(O)c(C(=O)c2ccccc2OC)c(C)c(C#N)c1=O. The Morgan fingerprint density at radius 2 is 2.04 bits per heavy atom. The summed E-state index contributed by atoms with van der Waals surface area (Å²) in [7, 11) is 1.44. The smallest absolute Gasteiger partial charge is 0.271 e. The molecule has 0 aliphatic carbocycles. The molecule has 0 saturated heterocycles. The molecule has 0 radical (unpaired) electrons. The van der Waals surface area contributed by atoms with Gasteiger partial charge in [0.2, 0.25) is 11.7 Å². The molecular weight excluding hydrogens is 320 g/mol. The van der Waals surface area contributed by atoms with Crippen molar-refractivity contribution in [2.24, 2.45) is 0 Å². The standard InChI is InChI=1S/C19H20N2O4/c1-5-11(2)21-18(23)14(10-20)12(3)16(19(21)24)17(22)13-8-6-7-9-15(13)25-4/h6-9,11,24H,5H2,1-4H3. The lowest BCUT2D eigenvalue weighted by Crippen LogP contribution is -2.28. The van der Waals surface area contributed by atoms with Crippen molar-refractivity contribution in [1.29, 1.82) is 5.26 Å². The zero-order chi connectivity index (χ0) is 18.7. The van der Waals surface area contributed by atoms with E-state index in [4.69, 9.17) is 4.74 Å². The Kier molecular flexibility index (Phi) is 5.28. The van der Waals surface area contributed by atoms with Gasteiger partial charge in [-0.1, -0.05) is 19.1 Å². The second kappa shape index (κ2) is 7.22. The molecule has 0 spiro atoms. The van der Waals surface area contributed by atoms with Crippen LogP contribution in [0.3, 0.4) is 0 Å². The average molecular weight is 340 g/mol. The van der Waals surface area contributed by atoms with Crippen LogP contribution < -0.4 is 10.3 Å². The number of nitrogens with zero attached hydrogens (tertiary/aromatic N) is 2. The van der Waals surface area contributed by atoms with Gasteiger partial charge in [0.05, 0.1) is 18.2 Å². The number of hydrogen-bond donors (Lipinski definition) is 1. The summed E-state index contributed by atoms with van der Waals surface area (Å²) in [6, 6.07) is 8.11. The largest absolute Gasteiger partial charge is 0.496 e. The third-order valence-corrected chi connectivity index (χ3v) is 4.36. The van der Waals surface area contributed by atoms with Gasteiger partial charge in [-0.2, -0.15) is 5.26 Å². The molecule has 2 aromatic rings. The van der Waals surface area contributed by atoms with Gasteiger partial charge in [0, 0.05) is 6.04 Å². The third-order valence-electron chi connectivity index (χ3n) is 4.36. The number of ketones is 1. The van der Waals surface area contributed by atoms with E-state index in [-0.39, 0.29) is 28.3 Å². The lowest BCUT2D eigenvalue weighted by atomic mass is 9.96. The predicted molar refractivity (Wildman–Crippen MR) is 93.2 cm³/mol. The first kappa shape index (κ1) is 18.3. The summed E-state index contributed by atoms with van der Waals surface area (Å²) in [4.78, 5) is 25.6. The van der Waals surface area contributed by atoms with Gasteiger partial charge in [0.25, 0.3) is 5.56 Å². The van der Waals surface area contributed by atoms with Crippen molar-refractivity contribution in [3.05, 3.63) is 56.9 Å². The van der Waals surface area contributed by atoms with Crippen LogP contribution in [0.15, 0.2) is 29.1 Å². The molecule has 0 amide bonds. The Hall–Kier alpha value is -3.07. The van der Waals surface area contributed by atoms with E-state index >= 15 is 0 Å². The lowest BCUT2D eigenvalue weighted by molar-refractivity contribution is 0.103. The zero-order valence-corrected chi connectivity index (χ0v) is 14.7. The molecule has 1 unspecified atom stereocenters. The van der Waals surface area contributed by atoms with E-state index in [2.05, 4.69) is 0 Å². The molecule has 1 atom stereocenters. The minimum Gasteiger partial charge on any atom is -0.496 e. The number of pyridine rings is 1. The number of aromatic hydroxyl groups is 1. The quantitative estimate of drug-likeness (QED) is 0.845. The van der Waals surface area contributed by atoms with Crippen LogP contribution >= 0.6 is 0 Å². The predicted octanol–water partition coefficient (Wildman–Crippen LogP) is 2.94. The maximum atomic E-state index is 13.0. The number of methoxy groups -OCH3 is 1. The minimum absolute atomic E-state index is 0.0547. The van der Waals surface area contributed by atoms with Crippen molar-refractivity contribution >= 4 is 5.78 Å². The number of carbonyl (C=O) groups is 1. The van der Waals surface area contributed by atoms with Crippen LogP contribution in [0.1, 0.15) is 53.4 Å². The molecule has 2 rings (SSSR count). The highest BCUT2D eigenvalue weighted by molar-refractivity contribution is 6.13. The van der Waals surface area contributed by atoms with E-state index in [0.29, 0.717) is 12.2 Å². The second-order valence-corrected chi connectivity index (χ2v) is 5.77. The highest BCUT2D eigenvalue weighted by atomic mass is 16.5. The van der Waals surface area contributed by atoms with Gasteiger partial charge in [-0.25, -0.2) is 0 Å². The fourth-order valence-electron chi connectivity index (χ4n) is 2.75. The Balaban J connectivity index is 2.84. The number of carbonyl (C=O) groups excluding carboxylic acids is 1. The molecule has 0 fully saturated rings. The molecule has 1 aromatic carbocycles. The van der Waals surface area contributed by atoms with Gasteiger partial charge in [-0.05, 0) is 38.0 Å². The Bertz CT molecular complexity index is 922. The van der Waals surface area contributed by atoms with Crippen molar-refractivity contribution < 1.29 is 14.6 Å². The van der Waals surface area contributed by atoms with Gasteiger partial charge in [-0.3, -0.25) is 14.2 Å². The Morgan fingerprint density at radius 1 is 1.40 bits per heavy atom. The summed E-state index contributed by atoms with van der Waals surface area (Å²) in [5.74, 6) is -0.571. The Morgan fingerprint density at radius 3 is 2.60 bits per heavy atom. The van der Waals surface area contributed by atoms with Crippen LogP contribution in [0.25, 0.3) is 0 Å². The van der Waals surface area contributed by atoms with Crippen molar-refractivity contribution in [1.82, 2.24) is 4.57 Å². The molecule has 1 heterocycles. The van der Waals surface area contributed by atoms with E-state index in [1.54, 1.807) is 31.2 Å².